The van der Waals surface area contributed by atoms with E-state index < -0.39 is 17.6 Å². The van der Waals surface area contributed by atoms with Crippen molar-refractivity contribution in [2.75, 3.05) is 6.54 Å². The number of nitrogens with zero attached hydrogens (tertiary/aromatic N) is 3. The van der Waals surface area contributed by atoms with E-state index in [-0.39, 0.29) is 24.6 Å². The largest absolute Gasteiger partial charge is 0.416 e. The van der Waals surface area contributed by atoms with E-state index in [1.807, 2.05) is 37.3 Å². The van der Waals surface area contributed by atoms with Crippen molar-refractivity contribution in [2.24, 2.45) is 0 Å². The van der Waals surface area contributed by atoms with Crippen LogP contribution in [0.2, 0.25) is 5.02 Å². The van der Waals surface area contributed by atoms with Gasteiger partial charge in [0.1, 0.15) is 0 Å². The van der Waals surface area contributed by atoms with Gasteiger partial charge in [-0.3, -0.25) is 4.79 Å². The van der Waals surface area contributed by atoms with Crippen LogP contribution in [0.1, 0.15) is 40.3 Å². The van der Waals surface area contributed by atoms with Crippen LogP contribution in [0.15, 0.2) is 83.4 Å². The topological polar surface area (TPSA) is 59.2 Å². The molecule has 1 amide bonds. The Morgan fingerprint density at radius 1 is 1.03 bits per heavy atom. The fraction of sp³-hybridized carbons (Fsp3) is 0.192. The van der Waals surface area contributed by atoms with Crippen LogP contribution in [0.4, 0.5) is 13.2 Å². The minimum Gasteiger partial charge on any atom is -0.339 e. The molecule has 0 aliphatic carbocycles. The van der Waals surface area contributed by atoms with Gasteiger partial charge in [-0.15, -0.1) is 0 Å². The van der Waals surface area contributed by atoms with Gasteiger partial charge < -0.3 is 9.42 Å². The van der Waals surface area contributed by atoms with E-state index in [0.29, 0.717) is 22.3 Å². The predicted molar refractivity (Wildman–Crippen MR) is 126 cm³/mol. The molecule has 0 fully saturated rings. The van der Waals surface area contributed by atoms with Gasteiger partial charge in [0.15, 0.2) is 0 Å². The van der Waals surface area contributed by atoms with Crippen LogP contribution in [0.3, 0.4) is 0 Å². The Bertz CT molecular complexity index is 1290. The molecule has 0 aliphatic rings. The molecular formula is C26H21ClF3N3O2. The van der Waals surface area contributed by atoms with Crippen molar-refractivity contribution < 1.29 is 22.5 Å². The summed E-state index contributed by atoms with van der Waals surface area (Å²) in [6.07, 6.45) is -4.21. The zero-order chi connectivity index (χ0) is 25.0. The van der Waals surface area contributed by atoms with E-state index in [1.54, 1.807) is 29.2 Å². The number of carbonyl (C=O) groups excluding carboxylic acids is 1. The Labute approximate surface area is 205 Å². The summed E-state index contributed by atoms with van der Waals surface area (Å²) < 4.78 is 44.2. The molecule has 1 atom stereocenters. The van der Waals surface area contributed by atoms with E-state index in [9.17, 15) is 18.0 Å². The minimum atomic E-state index is -4.47. The normalized spacial score (nSPS) is 12.4. The van der Waals surface area contributed by atoms with Gasteiger partial charge in [0, 0.05) is 29.1 Å². The van der Waals surface area contributed by atoms with E-state index in [2.05, 4.69) is 10.1 Å². The minimum absolute atomic E-state index is 0.158. The molecule has 5 nitrogen and oxygen atoms in total. The molecule has 0 bridgehead atoms. The first-order valence-electron chi connectivity index (χ1n) is 10.8. The second-order valence-electron chi connectivity index (χ2n) is 7.93. The van der Waals surface area contributed by atoms with Crippen molar-refractivity contribution in [1.29, 1.82) is 0 Å². The highest BCUT2D eigenvalue weighted by Crippen LogP contribution is 2.30. The third-order valence-electron chi connectivity index (χ3n) is 5.59. The molecule has 0 saturated heterocycles. The molecule has 0 aliphatic heterocycles. The molecule has 9 heteroatoms. The van der Waals surface area contributed by atoms with E-state index in [1.165, 1.54) is 12.1 Å². The molecule has 1 heterocycles. The lowest BCUT2D eigenvalue weighted by Crippen LogP contribution is -2.35. The fourth-order valence-corrected chi connectivity index (χ4v) is 3.86. The SMILES string of the molecule is C[C@H](c1ccccc1)N(CCc1nc(-c2cccc(Cl)c2)no1)C(=O)c1ccc(C(F)(F)F)cc1. The van der Waals surface area contributed by atoms with Crippen molar-refractivity contribution in [1.82, 2.24) is 15.0 Å². The van der Waals surface area contributed by atoms with Gasteiger partial charge in [-0.1, -0.05) is 59.2 Å². The number of rotatable bonds is 7. The molecule has 180 valence electrons. The van der Waals surface area contributed by atoms with Crippen LogP contribution >= 0.6 is 11.6 Å². The number of hydrogen-bond acceptors (Lipinski definition) is 4. The number of carbonyl (C=O) groups is 1. The van der Waals surface area contributed by atoms with Gasteiger partial charge in [0.25, 0.3) is 5.91 Å². The fourth-order valence-electron chi connectivity index (χ4n) is 3.67. The van der Waals surface area contributed by atoms with Crippen LogP contribution in [0.25, 0.3) is 11.4 Å². The zero-order valence-corrected chi connectivity index (χ0v) is 19.4. The number of amides is 1. The predicted octanol–water partition coefficient (Wildman–Crippen LogP) is 6.85. The van der Waals surface area contributed by atoms with Gasteiger partial charge >= 0.3 is 6.18 Å². The summed E-state index contributed by atoms with van der Waals surface area (Å²) in [5, 5.41) is 4.53. The maximum absolute atomic E-state index is 13.4. The van der Waals surface area contributed by atoms with Crippen LogP contribution in [-0.2, 0) is 12.6 Å². The van der Waals surface area contributed by atoms with E-state index in [4.69, 9.17) is 16.1 Å². The summed E-state index contributed by atoms with van der Waals surface area (Å²) in [5.41, 5.74) is 0.933. The molecule has 1 aromatic heterocycles. The first kappa shape index (κ1) is 24.5. The smallest absolute Gasteiger partial charge is 0.339 e. The molecule has 35 heavy (non-hydrogen) atoms. The summed E-state index contributed by atoms with van der Waals surface area (Å²) in [4.78, 5) is 19.4. The molecule has 0 radical (unpaired) electrons. The highest BCUT2D eigenvalue weighted by molar-refractivity contribution is 6.30. The maximum atomic E-state index is 13.4. The molecule has 4 aromatic rings. The van der Waals surface area contributed by atoms with Gasteiger partial charge in [0.2, 0.25) is 11.7 Å². The first-order chi connectivity index (χ1) is 16.7. The Morgan fingerprint density at radius 2 is 1.74 bits per heavy atom. The lowest BCUT2D eigenvalue weighted by Gasteiger charge is -2.29. The van der Waals surface area contributed by atoms with Crippen LogP contribution < -0.4 is 0 Å². The number of alkyl halides is 3. The van der Waals surface area contributed by atoms with Crippen molar-refractivity contribution in [3.05, 3.63) is 106 Å². The zero-order valence-electron chi connectivity index (χ0n) is 18.7. The van der Waals surface area contributed by atoms with Crippen LogP contribution in [0.5, 0.6) is 0 Å². The summed E-state index contributed by atoms with van der Waals surface area (Å²) in [7, 11) is 0. The number of benzene rings is 3. The summed E-state index contributed by atoms with van der Waals surface area (Å²) in [6, 6.07) is 20.3. The second kappa shape index (κ2) is 10.3. The standard InChI is InChI=1S/C26H21ClF3N3O2/c1-17(18-6-3-2-4-7-18)33(25(34)19-10-12-21(13-11-19)26(28,29)30)15-14-23-31-24(32-35-23)20-8-5-9-22(27)16-20/h2-13,16-17H,14-15H2,1H3/t17-/m1/s1. The van der Waals surface area contributed by atoms with E-state index in [0.717, 1.165) is 17.7 Å². The van der Waals surface area contributed by atoms with E-state index >= 15 is 0 Å². The average Bonchev–Trinajstić information content (AvgIpc) is 3.33. The Hall–Kier alpha value is -3.65. The highest BCUT2D eigenvalue weighted by atomic mass is 35.5. The first-order valence-corrected chi connectivity index (χ1v) is 11.2. The van der Waals surface area contributed by atoms with Crippen molar-refractivity contribution in [3.63, 3.8) is 0 Å². The average molecular weight is 500 g/mol. The molecular weight excluding hydrogens is 479 g/mol. The highest BCUT2D eigenvalue weighted by Gasteiger charge is 2.31. The summed E-state index contributed by atoms with van der Waals surface area (Å²) in [5.74, 6) is 0.300. The Balaban J connectivity index is 1.56. The second-order valence-corrected chi connectivity index (χ2v) is 8.37. The van der Waals surface area contributed by atoms with Crippen molar-refractivity contribution in [3.8, 4) is 11.4 Å². The summed E-state index contributed by atoms with van der Waals surface area (Å²) in [6.45, 7) is 2.08. The van der Waals surface area contributed by atoms with Crippen molar-refractivity contribution >= 4 is 17.5 Å². The Morgan fingerprint density at radius 3 is 2.40 bits per heavy atom. The Kier molecular flexibility index (Phi) is 7.21. The maximum Gasteiger partial charge on any atom is 0.416 e. The molecule has 0 spiro atoms. The van der Waals surface area contributed by atoms with Gasteiger partial charge in [0.05, 0.1) is 11.6 Å². The van der Waals surface area contributed by atoms with Gasteiger partial charge in [-0.2, -0.15) is 18.2 Å². The lowest BCUT2D eigenvalue weighted by atomic mass is 10.0. The third kappa shape index (κ3) is 5.89. The number of hydrogen-bond donors (Lipinski definition) is 0. The number of halogens is 4. The third-order valence-corrected chi connectivity index (χ3v) is 5.82. The monoisotopic (exact) mass is 499 g/mol. The molecule has 0 unspecified atom stereocenters. The van der Waals surface area contributed by atoms with Gasteiger partial charge in [-0.25, -0.2) is 0 Å². The number of aromatic nitrogens is 2. The molecule has 3 aromatic carbocycles. The van der Waals surface area contributed by atoms with Crippen molar-refractivity contribution in [2.45, 2.75) is 25.6 Å². The lowest BCUT2D eigenvalue weighted by molar-refractivity contribution is -0.137. The van der Waals surface area contributed by atoms with Gasteiger partial charge in [-0.05, 0) is 48.9 Å². The van der Waals surface area contributed by atoms with Crippen LogP contribution in [-0.4, -0.2) is 27.5 Å². The molecule has 0 saturated carbocycles. The molecule has 4 rings (SSSR count). The summed E-state index contributed by atoms with van der Waals surface area (Å²) >= 11 is 6.03. The molecule has 0 N–H and O–H groups in total. The van der Waals surface area contributed by atoms with Crippen LogP contribution in [0, 0.1) is 0 Å². The quantitative estimate of drug-likeness (QED) is 0.279.